The van der Waals surface area contributed by atoms with E-state index in [1.807, 2.05) is 27.7 Å². The second kappa shape index (κ2) is 7.30. The van der Waals surface area contributed by atoms with Crippen LogP contribution in [-0.2, 0) is 15.9 Å². The Hall–Kier alpha value is -2.43. The molecule has 1 fully saturated rings. The van der Waals surface area contributed by atoms with Crippen LogP contribution in [0.4, 0.5) is 8.78 Å². The molecule has 0 amide bonds. The van der Waals surface area contributed by atoms with Crippen LogP contribution in [0.3, 0.4) is 0 Å². The van der Waals surface area contributed by atoms with Gasteiger partial charge in [0.1, 0.15) is 18.1 Å². The fourth-order valence-corrected chi connectivity index (χ4v) is 2.52. The van der Waals surface area contributed by atoms with E-state index in [1.165, 1.54) is 24.3 Å². The van der Waals surface area contributed by atoms with Crippen molar-refractivity contribution in [2.45, 2.75) is 45.4 Å². The van der Waals surface area contributed by atoms with E-state index in [9.17, 15) is 8.78 Å². The molecule has 1 aromatic carbocycles. The van der Waals surface area contributed by atoms with Crippen LogP contribution >= 0.6 is 0 Å². The molecule has 0 bridgehead atoms. The first kappa shape index (κ1) is 19.3. The Morgan fingerprint density at radius 1 is 1.26 bits per heavy atom. The first-order valence-corrected chi connectivity index (χ1v) is 8.66. The lowest BCUT2D eigenvalue weighted by Gasteiger charge is -2.32. The molecule has 1 aliphatic heterocycles. The van der Waals surface area contributed by atoms with Crippen LogP contribution in [0.2, 0.25) is 0 Å². The standard InChI is InChI=1S/C20H21BF2N2O2/c1-19(2)20(3,4)27-21(26-19)18(23)14-15-8-9-17(22)16(13-15)7-5-11-25-12-6-10-24-25/h6,8-10,12-14H,11H2,1-4H3. The van der Waals surface area contributed by atoms with Gasteiger partial charge in [-0.05, 0) is 57.5 Å². The van der Waals surface area contributed by atoms with E-state index in [0.717, 1.165) is 0 Å². The van der Waals surface area contributed by atoms with E-state index in [1.54, 1.807) is 23.1 Å². The van der Waals surface area contributed by atoms with Gasteiger partial charge in [-0.2, -0.15) is 5.10 Å². The van der Waals surface area contributed by atoms with Crippen molar-refractivity contribution in [3.63, 3.8) is 0 Å². The molecule has 27 heavy (non-hydrogen) atoms. The van der Waals surface area contributed by atoms with Crippen LogP contribution in [-0.4, -0.2) is 28.1 Å². The zero-order chi connectivity index (χ0) is 19.7. The largest absolute Gasteiger partial charge is 0.525 e. The van der Waals surface area contributed by atoms with Crippen molar-refractivity contribution in [3.05, 3.63) is 59.3 Å². The summed E-state index contributed by atoms with van der Waals surface area (Å²) in [6, 6.07) is 6.03. The molecule has 0 N–H and O–H groups in total. The summed E-state index contributed by atoms with van der Waals surface area (Å²) in [4.78, 5) is 0. The SMILES string of the molecule is CC1(C)OB(C(F)=Cc2ccc(F)c(C#CCn3cccn3)c2)OC1(C)C. The van der Waals surface area contributed by atoms with Crippen LogP contribution in [0.1, 0.15) is 38.8 Å². The van der Waals surface area contributed by atoms with Crippen molar-refractivity contribution in [2.75, 3.05) is 0 Å². The molecule has 7 heteroatoms. The van der Waals surface area contributed by atoms with Crippen molar-refractivity contribution < 1.29 is 18.1 Å². The highest BCUT2D eigenvalue weighted by molar-refractivity contribution is 6.54. The van der Waals surface area contributed by atoms with Gasteiger partial charge in [0.25, 0.3) is 0 Å². The van der Waals surface area contributed by atoms with Crippen molar-refractivity contribution >= 4 is 13.2 Å². The predicted molar refractivity (Wildman–Crippen MR) is 101 cm³/mol. The smallest absolute Gasteiger partial charge is 0.398 e. The first-order chi connectivity index (χ1) is 12.7. The molecule has 0 aliphatic carbocycles. The summed E-state index contributed by atoms with van der Waals surface area (Å²) in [5.74, 6) is 5.15. The van der Waals surface area contributed by atoms with Crippen LogP contribution in [0.25, 0.3) is 6.08 Å². The molecule has 0 radical (unpaired) electrons. The van der Waals surface area contributed by atoms with E-state index < -0.39 is 29.9 Å². The monoisotopic (exact) mass is 370 g/mol. The lowest BCUT2D eigenvalue weighted by atomic mass is 9.86. The lowest BCUT2D eigenvalue weighted by molar-refractivity contribution is 0.00578. The van der Waals surface area contributed by atoms with E-state index >= 15 is 0 Å². The predicted octanol–water partition coefficient (Wildman–Crippen LogP) is 4.02. The zero-order valence-electron chi connectivity index (χ0n) is 15.8. The molecule has 3 rings (SSSR count). The molecule has 2 heterocycles. The Kier molecular flexibility index (Phi) is 5.23. The number of aromatic nitrogens is 2. The molecular formula is C20H21BF2N2O2. The fraction of sp³-hybridized carbons (Fsp3) is 0.350. The summed E-state index contributed by atoms with van der Waals surface area (Å²) < 4.78 is 41.6. The minimum absolute atomic E-state index is 0.192. The molecule has 2 aromatic rings. The highest BCUT2D eigenvalue weighted by atomic mass is 19.1. The van der Waals surface area contributed by atoms with Crippen molar-refractivity contribution in [1.82, 2.24) is 9.78 Å². The molecule has 1 aliphatic rings. The number of rotatable bonds is 3. The molecule has 140 valence electrons. The maximum absolute atomic E-state index is 14.6. The second-order valence-corrected chi connectivity index (χ2v) is 7.36. The van der Waals surface area contributed by atoms with Crippen molar-refractivity contribution in [2.24, 2.45) is 0 Å². The number of halogens is 2. The topological polar surface area (TPSA) is 36.3 Å². The van der Waals surface area contributed by atoms with E-state index in [0.29, 0.717) is 12.1 Å². The van der Waals surface area contributed by atoms with Gasteiger partial charge < -0.3 is 9.31 Å². The van der Waals surface area contributed by atoms with E-state index in [-0.39, 0.29) is 5.56 Å². The van der Waals surface area contributed by atoms with Gasteiger partial charge in [0.2, 0.25) is 0 Å². The minimum atomic E-state index is -1.09. The summed E-state index contributed by atoms with van der Waals surface area (Å²) in [5, 5.41) is 4.03. The Labute approximate surface area is 158 Å². The molecule has 1 saturated heterocycles. The molecular weight excluding hydrogens is 349 g/mol. The van der Waals surface area contributed by atoms with Gasteiger partial charge in [0.15, 0.2) is 0 Å². The zero-order valence-corrected chi connectivity index (χ0v) is 15.8. The molecule has 0 unspecified atom stereocenters. The maximum atomic E-state index is 14.6. The maximum Gasteiger partial charge on any atom is 0.525 e. The Balaban J connectivity index is 1.78. The van der Waals surface area contributed by atoms with Crippen LogP contribution in [0.5, 0.6) is 0 Å². The van der Waals surface area contributed by atoms with Crippen LogP contribution in [0, 0.1) is 17.7 Å². The highest BCUT2D eigenvalue weighted by Crippen LogP contribution is 2.39. The normalized spacial score (nSPS) is 18.3. The summed E-state index contributed by atoms with van der Waals surface area (Å²) in [7, 11) is -1.09. The molecule has 0 spiro atoms. The number of hydrogen-bond donors (Lipinski definition) is 0. The summed E-state index contributed by atoms with van der Waals surface area (Å²) >= 11 is 0. The Morgan fingerprint density at radius 2 is 1.96 bits per heavy atom. The molecule has 1 aromatic heterocycles. The van der Waals surface area contributed by atoms with Gasteiger partial charge in [0.05, 0.1) is 16.8 Å². The van der Waals surface area contributed by atoms with Crippen molar-refractivity contribution in [3.8, 4) is 11.8 Å². The quantitative estimate of drug-likeness (QED) is 0.605. The highest BCUT2D eigenvalue weighted by Gasteiger charge is 2.53. The van der Waals surface area contributed by atoms with E-state index in [2.05, 4.69) is 16.9 Å². The molecule has 0 atom stereocenters. The average Bonchev–Trinajstić information content (AvgIpc) is 3.16. The number of nitrogens with zero attached hydrogens (tertiary/aromatic N) is 2. The average molecular weight is 370 g/mol. The lowest BCUT2D eigenvalue weighted by Crippen LogP contribution is -2.41. The Morgan fingerprint density at radius 3 is 2.59 bits per heavy atom. The second-order valence-electron chi connectivity index (χ2n) is 7.36. The van der Waals surface area contributed by atoms with Gasteiger partial charge in [-0.3, -0.25) is 4.68 Å². The first-order valence-electron chi connectivity index (χ1n) is 8.66. The van der Waals surface area contributed by atoms with Crippen LogP contribution < -0.4 is 0 Å². The van der Waals surface area contributed by atoms with Crippen LogP contribution in [0.15, 0.2) is 42.4 Å². The minimum Gasteiger partial charge on any atom is -0.398 e. The van der Waals surface area contributed by atoms with Gasteiger partial charge >= 0.3 is 7.12 Å². The third kappa shape index (κ3) is 4.29. The third-order valence-electron chi connectivity index (χ3n) is 4.80. The van der Waals surface area contributed by atoms with Gasteiger partial charge in [0, 0.05) is 12.4 Å². The third-order valence-corrected chi connectivity index (χ3v) is 4.80. The van der Waals surface area contributed by atoms with Crippen molar-refractivity contribution in [1.29, 1.82) is 0 Å². The van der Waals surface area contributed by atoms with E-state index in [4.69, 9.17) is 9.31 Å². The molecule has 4 nitrogen and oxygen atoms in total. The molecule has 0 saturated carbocycles. The number of hydrogen-bond acceptors (Lipinski definition) is 3. The number of benzene rings is 1. The van der Waals surface area contributed by atoms with Gasteiger partial charge in [-0.15, -0.1) is 0 Å². The van der Waals surface area contributed by atoms with Gasteiger partial charge in [-0.25, -0.2) is 8.78 Å². The summed E-state index contributed by atoms with van der Waals surface area (Å²) in [6.45, 7) is 7.75. The van der Waals surface area contributed by atoms with Gasteiger partial charge in [-0.1, -0.05) is 17.9 Å². The summed E-state index contributed by atoms with van der Waals surface area (Å²) in [5.41, 5.74) is -1.16. The summed E-state index contributed by atoms with van der Waals surface area (Å²) in [6.07, 6.45) is 4.69. The fourth-order valence-electron chi connectivity index (χ4n) is 2.52. The Bertz CT molecular complexity index is 896.